The topological polar surface area (TPSA) is 76.5 Å². The van der Waals surface area contributed by atoms with Crippen LogP contribution in [0.15, 0.2) is 22.8 Å². The van der Waals surface area contributed by atoms with E-state index in [4.69, 9.17) is 15.3 Å². The van der Waals surface area contributed by atoms with Gasteiger partial charge in [-0.3, -0.25) is 4.79 Å². The molecule has 0 fully saturated rings. The molecule has 0 unspecified atom stereocenters. The quantitative estimate of drug-likeness (QED) is 0.705. The zero-order valence-corrected chi connectivity index (χ0v) is 6.78. The minimum absolute atomic E-state index is 0.138. The standard InChI is InChI=1S/C8H11NO3/c1-8(9,5-7(10)11)6-3-2-4-12-6/h2-4H,5,9H2,1H3,(H,10,11)/t8-/m0/s1. The number of carbonyl (C=O) groups is 1. The van der Waals surface area contributed by atoms with E-state index in [1.54, 1.807) is 19.1 Å². The van der Waals surface area contributed by atoms with Crippen molar-refractivity contribution in [2.45, 2.75) is 18.9 Å². The Balaban J connectivity index is 2.79. The Kier molecular flexibility index (Phi) is 2.19. The van der Waals surface area contributed by atoms with Gasteiger partial charge < -0.3 is 15.3 Å². The summed E-state index contributed by atoms with van der Waals surface area (Å²) in [6.07, 6.45) is 1.34. The first-order chi connectivity index (χ1) is 5.52. The Labute approximate surface area is 70.0 Å². The number of hydrogen-bond acceptors (Lipinski definition) is 3. The van der Waals surface area contributed by atoms with Crippen LogP contribution in [0.3, 0.4) is 0 Å². The molecule has 4 heteroatoms. The number of aliphatic carboxylic acids is 1. The summed E-state index contributed by atoms with van der Waals surface area (Å²) < 4.78 is 5.01. The highest BCUT2D eigenvalue weighted by molar-refractivity contribution is 5.68. The number of carboxylic acid groups (broad SMARTS) is 1. The maximum absolute atomic E-state index is 10.4. The van der Waals surface area contributed by atoms with E-state index in [2.05, 4.69) is 0 Å². The minimum Gasteiger partial charge on any atom is -0.481 e. The fourth-order valence-electron chi connectivity index (χ4n) is 1.00. The molecule has 0 amide bonds. The van der Waals surface area contributed by atoms with E-state index in [-0.39, 0.29) is 6.42 Å². The summed E-state index contributed by atoms with van der Waals surface area (Å²) in [6.45, 7) is 1.62. The van der Waals surface area contributed by atoms with Crippen LogP contribution < -0.4 is 5.73 Å². The van der Waals surface area contributed by atoms with Crippen molar-refractivity contribution in [2.24, 2.45) is 5.73 Å². The first-order valence-corrected chi connectivity index (χ1v) is 3.57. The van der Waals surface area contributed by atoms with Crippen LogP contribution >= 0.6 is 0 Å². The monoisotopic (exact) mass is 169 g/mol. The molecule has 1 rings (SSSR count). The Morgan fingerprint density at radius 1 is 1.83 bits per heavy atom. The molecule has 0 aliphatic carbocycles. The van der Waals surface area contributed by atoms with E-state index in [0.29, 0.717) is 5.76 Å². The van der Waals surface area contributed by atoms with Gasteiger partial charge in [0.25, 0.3) is 0 Å². The molecular formula is C8H11NO3. The fraction of sp³-hybridized carbons (Fsp3) is 0.375. The van der Waals surface area contributed by atoms with E-state index in [0.717, 1.165) is 0 Å². The third-order valence-electron chi connectivity index (χ3n) is 1.60. The molecule has 1 aromatic heterocycles. The highest BCUT2D eigenvalue weighted by atomic mass is 16.4. The van der Waals surface area contributed by atoms with Crippen molar-refractivity contribution < 1.29 is 14.3 Å². The summed E-state index contributed by atoms with van der Waals surface area (Å²) >= 11 is 0. The summed E-state index contributed by atoms with van der Waals surface area (Å²) in [4.78, 5) is 10.4. The molecule has 0 radical (unpaired) electrons. The van der Waals surface area contributed by atoms with Crippen molar-refractivity contribution in [1.29, 1.82) is 0 Å². The Morgan fingerprint density at radius 3 is 2.92 bits per heavy atom. The van der Waals surface area contributed by atoms with Gasteiger partial charge in [0.05, 0.1) is 18.2 Å². The van der Waals surface area contributed by atoms with E-state index in [9.17, 15) is 4.79 Å². The SMILES string of the molecule is C[C@](N)(CC(=O)O)c1ccco1. The minimum atomic E-state index is -0.934. The van der Waals surface area contributed by atoms with Crippen LogP contribution in [0.2, 0.25) is 0 Å². The van der Waals surface area contributed by atoms with Gasteiger partial charge in [-0.05, 0) is 19.1 Å². The molecule has 1 aromatic rings. The van der Waals surface area contributed by atoms with E-state index < -0.39 is 11.5 Å². The second-order valence-corrected chi connectivity index (χ2v) is 2.97. The van der Waals surface area contributed by atoms with Crippen molar-refractivity contribution in [3.63, 3.8) is 0 Å². The van der Waals surface area contributed by atoms with Crippen molar-refractivity contribution in [1.82, 2.24) is 0 Å². The molecule has 0 spiro atoms. The molecule has 0 aliphatic heterocycles. The summed E-state index contributed by atoms with van der Waals surface area (Å²) in [7, 11) is 0. The largest absolute Gasteiger partial charge is 0.481 e. The summed E-state index contributed by atoms with van der Waals surface area (Å²) in [6, 6.07) is 3.35. The van der Waals surface area contributed by atoms with Gasteiger partial charge in [-0.15, -0.1) is 0 Å². The first-order valence-electron chi connectivity index (χ1n) is 3.57. The van der Waals surface area contributed by atoms with Crippen LogP contribution in [0.25, 0.3) is 0 Å². The van der Waals surface area contributed by atoms with Gasteiger partial charge in [0.15, 0.2) is 0 Å². The van der Waals surface area contributed by atoms with Crippen molar-refractivity contribution >= 4 is 5.97 Å². The van der Waals surface area contributed by atoms with Gasteiger partial charge in [-0.1, -0.05) is 0 Å². The van der Waals surface area contributed by atoms with E-state index in [1.165, 1.54) is 6.26 Å². The molecule has 0 aromatic carbocycles. The number of rotatable bonds is 3. The smallest absolute Gasteiger partial charge is 0.305 e. The average molecular weight is 169 g/mol. The molecular weight excluding hydrogens is 158 g/mol. The molecule has 0 saturated heterocycles. The number of hydrogen-bond donors (Lipinski definition) is 2. The van der Waals surface area contributed by atoms with E-state index in [1.807, 2.05) is 0 Å². The Morgan fingerprint density at radius 2 is 2.50 bits per heavy atom. The Hall–Kier alpha value is -1.29. The summed E-state index contributed by atoms with van der Waals surface area (Å²) in [5.41, 5.74) is 4.79. The number of carboxylic acids is 1. The normalized spacial score (nSPS) is 15.5. The first kappa shape index (κ1) is 8.80. The lowest BCUT2D eigenvalue weighted by Crippen LogP contribution is -2.35. The lowest BCUT2D eigenvalue weighted by atomic mass is 9.96. The third kappa shape index (κ3) is 1.85. The van der Waals surface area contributed by atoms with E-state index >= 15 is 0 Å². The lowest BCUT2D eigenvalue weighted by molar-refractivity contribution is -0.138. The van der Waals surface area contributed by atoms with Crippen LogP contribution in [0.4, 0.5) is 0 Å². The summed E-state index contributed by atoms with van der Waals surface area (Å²) in [5.74, 6) is -0.443. The zero-order valence-electron chi connectivity index (χ0n) is 6.78. The second kappa shape index (κ2) is 2.98. The number of furan rings is 1. The van der Waals surface area contributed by atoms with Crippen LogP contribution in [-0.4, -0.2) is 11.1 Å². The van der Waals surface area contributed by atoms with Crippen LogP contribution in [0.1, 0.15) is 19.1 Å². The molecule has 0 bridgehead atoms. The second-order valence-electron chi connectivity index (χ2n) is 2.97. The van der Waals surface area contributed by atoms with Gasteiger partial charge >= 0.3 is 5.97 Å². The zero-order chi connectivity index (χ0) is 9.19. The van der Waals surface area contributed by atoms with Gasteiger partial charge in [-0.2, -0.15) is 0 Å². The molecule has 0 saturated carbocycles. The van der Waals surface area contributed by atoms with Crippen molar-refractivity contribution in [2.75, 3.05) is 0 Å². The van der Waals surface area contributed by atoms with Crippen molar-refractivity contribution in [3.8, 4) is 0 Å². The Bertz CT molecular complexity index is 264. The predicted octanol–water partition coefficient (Wildman–Crippen LogP) is 0.928. The highest BCUT2D eigenvalue weighted by Gasteiger charge is 2.27. The van der Waals surface area contributed by atoms with Crippen molar-refractivity contribution in [3.05, 3.63) is 24.2 Å². The third-order valence-corrected chi connectivity index (χ3v) is 1.60. The lowest BCUT2D eigenvalue weighted by Gasteiger charge is -2.18. The highest BCUT2D eigenvalue weighted by Crippen LogP contribution is 2.21. The molecule has 3 N–H and O–H groups in total. The molecule has 1 atom stereocenters. The predicted molar refractivity (Wildman–Crippen MR) is 42.5 cm³/mol. The maximum Gasteiger partial charge on any atom is 0.305 e. The van der Waals surface area contributed by atoms with Gasteiger partial charge in [0.2, 0.25) is 0 Å². The maximum atomic E-state index is 10.4. The van der Waals surface area contributed by atoms with Gasteiger partial charge in [0, 0.05) is 0 Å². The molecule has 1 heterocycles. The van der Waals surface area contributed by atoms with Crippen LogP contribution in [0.5, 0.6) is 0 Å². The van der Waals surface area contributed by atoms with Gasteiger partial charge in [-0.25, -0.2) is 0 Å². The average Bonchev–Trinajstić information content (AvgIpc) is 2.32. The van der Waals surface area contributed by atoms with Crippen LogP contribution in [-0.2, 0) is 10.3 Å². The summed E-state index contributed by atoms with van der Waals surface area (Å²) in [5, 5.41) is 8.53. The van der Waals surface area contributed by atoms with Gasteiger partial charge in [0.1, 0.15) is 5.76 Å². The molecule has 12 heavy (non-hydrogen) atoms. The molecule has 66 valence electrons. The van der Waals surface area contributed by atoms with Crippen LogP contribution in [0, 0.1) is 0 Å². The number of nitrogens with two attached hydrogens (primary N) is 1. The molecule has 0 aliphatic rings. The fourth-order valence-corrected chi connectivity index (χ4v) is 1.00. The molecule has 4 nitrogen and oxygen atoms in total.